The van der Waals surface area contributed by atoms with Gasteiger partial charge in [-0.05, 0) is 43.4 Å². The van der Waals surface area contributed by atoms with Crippen molar-refractivity contribution < 1.29 is 80.2 Å². The number of esters is 4. The van der Waals surface area contributed by atoms with Gasteiger partial charge in [0.1, 0.15) is 19.3 Å². The second-order valence-electron chi connectivity index (χ2n) is 28.9. The van der Waals surface area contributed by atoms with E-state index in [-0.39, 0.29) is 25.7 Å². The van der Waals surface area contributed by atoms with E-state index in [0.29, 0.717) is 25.7 Å². The number of hydrogen-bond donors (Lipinski definition) is 3. The summed E-state index contributed by atoms with van der Waals surface area (Å²) in [5.74, 6) is 0.223. The van der Waals surface area contributed by atoms with Gasteiger partial charge in [-0.25, -0.2) is 9.13 Å². The standard InChI is InChI=1S/C77H150O17P2/c1-8-10-11-12-13-14-15-19-23-30-39-46-53-60-76(81)94-73(65-88-75(80)59-52-45-38-33-32-35-42-49-56-69(5)6)67-92-96(85,86)90-63-71(78)62-89-95(83,84)91-66-72(64-87-74(79)58-51-44-37-29-26-25-28-36-43-50-57-70(7)9-2)93-77(82)61-54-47-40-31-24-21-18-16-17-20-22-27-34-41-48-55-68(3)4/h68-73,78H,8-67H2,1-7H3,(H,83,84)(H,85,86)/t70?,71-,72-,73-/m1/s1. The number of ether oxygens (including phenoxy) is 4. The molecular weight excluding hydrogens is 1260 g/mol. The van der Waals surface area contributed by atoms with Gasteiger partial charge in [-0.15, -0.1) is 0 Å². The fourth-order valence-electron chi connectivity index (χ4n) is 11.7. The molecule has 0 saturated heterocycles. The maximum absolute atomic E-state index is 13.1. The molecule has 0 saturated carbocycles. The molecule has 0 aliphatic rings. The van der Waals surface area contributed by atoms with Gasteiger partial charge >= 0.3 is 39.5 Å². The van der Waals surface area contributed by atoms with Crippen molar-refractivity contribution in [2.24, 2.45) is 17.8 Å². The molecule has 3 N–H and O–H groups in total. The molecule has 0 aromatic heterocycles. The fraction of sp³-hybridized carbons (Fsp3) is 0.948. The van der Waals surface area contributed by atoms with Crippen molar-refractivity contribution in [1.82, 2.24) is 0 Å². The third-order valence-corrected chi connectivity index (χ3v) is 20.1. The lowest BCUT2D eigenvalue weighted by molar-refractivity contribution is -0.161. The SMILES string of the molecule is CCCCCCCCCCCCCCCC(=O)O[C@H](COC(=O)CCCCCCCCCCC(C)C)COP(=O)(O)OC[C@H](O)COP(=O)(O)OC[C@@H](COC(=O)CCCCCCCCCCCCC(C)CC)OC(=O)CCCCCCCCCCCCCCCCCC(C)C. The summed E-state index contributed by atoms with van der Waals surface area (Å²) in [5, 5.41) is 10.6. The number of carbonyl (C=O) groups excluding carboxylic acids is 4. The van der Waals surface area contributed by atoms with Crippen molar-refractivity contribution in [2.75, 3.05) is 39.6 Å². The summed E-state index contributed by atoms with van der Waals surface area (Å²) in [6.07, 6.45) is 54.0. The number of hydrogen-bond acceptors (Lipinski definition) is 15. The van der Waals surface area contributed by atoms with Crippen LogP contribution in [-0.4, -0.2) is 96.7 Å². The minimum Gasteiger partial charge on any atom is -0.462 e. The molecule has 0 amide bonds. The molecule has 0 heterocycles. The van der Waals surface area contributed by atoms with Gasteiger partial charge in [-0.2, -0.15) is 0 Å². The number of phosphoric acid groups is 2. The topological polar surface area (TPSA) is 237 Å². The van der Waals surface area contributed by atoms with Crippen LogP contribution in [0.5, 0.6) is 0 Å². The van der Waals surface area contributed by atoms with Gasteiger partial charge in [-0.3, -0.25) is 37.3 Å². The number of aliphatic hydroxyl groups is 1. The Morgan fingerprint density at radius 3 is 0.792 bits per heavy atom. The highest BCUT2D eigenvalue weighted by Crippen LogP contribution is 2.45. The summed E-state index contributed by atoms with van der Waals surface area (Å²) >= 11 is 0. The van der Waals surface area contributed by atoms with Crippen molar-refractivity contribution >= 4 is 39.5 Å². The van der Waals surface area contributed by atoms with E-state index in [1.807, 2.05) is 0 Å². The molecule has 0 aromatic carbocycles. The fourth-order valence-corrected chi connectivity index (χ4v) is 13.3. The zero-order chi connectivity index (χ0) is 70.9. The van der Waals surface area contributed by atoms with Crippen molar-refractivity contribution in [3.8, 4) is 0 Å². The van der Waals surface area contributed by atoms with Crippen LogP contribution < -0.4 is 0 Å². The molecule has 17 nitrogen and oxygen atoms in total. The van der Waals surface area contributed by atoms with Crippen LogP contribution in [0.4, 0.5) is 0 Å². The van der Waals surface area contributed by atoms with E-state index in [9.17, 15) is 43.2 Å². The molecule has 0 radical (unpaired) electrons. The van der Waals surface area contributed by atoms with Gasteiger partial charge < -0.3 is 33.8 Å². The van der Waals surface area contributed by atoms with E-state index in [1.165, 1.54) is 205 Å². The average molecular weight is 1410 g/mol. The molecular formula is C77H150O17P2. The lowest BCUT2D eigenvalue weighted by Gasteiger charge is -2.21. The summed E-state index contributed by atoms with van der Waals surface area (Å²) < 4.78 is 68.6. The predicted molar refractivity (Wildman–Crippen MR) is 391 cm³/mol. The van der Waals surface area contributed by atoms with Crippen LogP contribution in [0.1, 0.15) is 395 Å². The molecule has 0 fully saturated rings. The molecule has 570 valence electrons. The predicted octanol–water partition coefficient (Wildman–Crippen LogP) is 22.6. The smallest absolute Gasteiger partial charge is 0.462 e. The van der Waals surface area contributed by atoms with Crippen LogP contribution in [0.25, 0.3) is 0 Å². The number of phosphoric ester groups is 2. The van der Waals surface area contributed by atoms with Crippen molar-refractivity contribution in [3.63, 3.8) is 0 Å². The summed E-state index contributed by atoms with van der Waals surface area (Å²) in [5.41, 5.74) is 0. The lowest BCUT2D eigenvalue weighted by Crippen LogP contribution is -2.30. The molecule has 6 atom stereocenters. The highest BCUT2D eigenvalue weighted by atomic mass is 31.2. The summed E-state index contributed by atoms with van der Waals surface area (Å²) in [7, 11) is -9.91. The van der Waals surface area contributed by atoms with E-state index < -0.39 is 97.5 Å². The molecule has 0 aliphatic carbocycles. The number of aliphatic hydroxyl groups excluding tert-OH is 1. The molecule has 0 rings (SSSR count). The Balaban J connectivity index is 5.26. The lowest BCUT2D eigenvalue weighted by atomic mass is 9.99. The molecule has 0 aliphatic heterocycles. The monoisotopic (exact) mass is 1410 g/mol. The van der Waals surface area contributed by atoms with Crippen molar-refractivity contribution in [2.45, 2.75) is 414 Å². The van der Waals surface area contributed by atoms with Gasteiger partial charge in [0.05, 0.1) is 26.4 Å². The first-order chi connectivity index (χ1) is 46.3. The molecule has 19 heteroatoms. The number of rotatable bonds is 75. The van der Waals surface area contributed by atoms with Gasteiger partial charge in [-0.1, -0.05) is 344 Å². The highest BCUT2D eigenvalue weighted by Gasteiger charge is 2.30. The van der Waals surface area contributed by atoms with E-state index >= 15 is 0 Å². The zero-order valence-electron chi connectivity index (χ0n) is 62.8. The van der Waals surface area contributed by atoms with E-state index in [2.05, 4.69) is 48.5 Å². The third kappa shape index (κ3) is 69.2. The highest BCUT2D eigenvalue weighted by molar-refractivity contribution is 7.47. The van der Waals surface area contributed by atoms with Crippen LogP contribution in [0, 0.1) is 17.8 Å². The van der Waals surface area contributed by atoms with E-state index in [1.54, 1.807) is 0 Å². The minimum atomic E-state index is -4.96. The van der Waals surface area contributed by atoms with Crippen LogP contribution in [0.2, 0.25) is 0 Å². The second-order valence-corrected chi connectivity index (χ2v) is 31.8. The number of unbranched alkanes of at least 4 members (excludes halogenated alkanes) is 42. The van der Waals surface area contributed by atoms with Crippen molar-refractivity contribution in [3.05, 3.63) is 0 Å². The molecule has 3 unspecified atom stereocenters. The third-order valence-electron chi connectivity index (χ3n) is 18.2. The van der Waals surface area contributed by atoms with Crippen LogP contribution >= 0.6 is 15.6 Å². The zero-order valence-corrected chi connectivity index (χ0v) is 64.6. The van der Waals surface area contributed by atoms with Crippen LogP contribution in [-0.2, 0) is 65.4 Å². The summed E-state index contributed by atoms with van der Waals surface area (Å²) in [4.78, 5) is 72.9. The average Bonchev–Trinajstić information content (AvgIpc) is 1.84. The Bertz CT molecular complexity index is 1870. The molecule has 0 aromatic rings. The molecule has 0 bridgehead atoms. The van der Waals surface area contributed by atoms with E-state index in [4.69, 9.17) is 37.0 Å². The summed E-state index contributed by atoms with van der Waals surface area (Å²) in [6.45, 7) is 11.9. The Kier molecular flexibility index (Phi) is 66.2. The van der Waals surface area contributed by atoms with Gasteiger partial charge in [0.15, 0.2) is 12.2 Å². The first kappa shape index (κ1) is 94.1. The first-order valence-corrected chi connectivity index (χ1v) is 42.9. The Hall–Kier alpha value is -1.94. The van der Waals surface area contributed by atoms with Crippen molar-refractivity contribution in [1.29, 1.82) is 0 Å². The number of carbonyl (C=O) groups is 4. The maximum atomic E-state index is 13.1. The van der Waals surface area contributed by atoms with Gasteiger partial charge in [0.25, 0.3) is 0 Å². The maximum Gasteiger partial charge on any atom is 0.472 e. The van der Waals surface area contributed by atoms with E-state index in [0.717, 1.165) is 108 Å². The Labute approximate surface area is 588 Å². The normalized spacial score (nSPS) is 14.3. The van der Waals surface area contributed by atoms with Gasteiger partial charge in [0, 0.05) is 25.7 Å². The minimum absolute atomic E-state index is 0.107. The first-order valence-electron chi connectivity index (χ1n) is 39.9. The van der Waals surface area contributed by atoms with Crippen LogP contribution in [0.3, 0.4) is 0 Å². The quantitative estimate of drug-likeness (QED) is 0.0222. The summed E-state index contributed by atoms with van der Waals surface area (Å²) in [6, 6.07) is 0. The van der Waals surface area contributed by atoms with Crippen LogP contribution in [0.15, 0.2) is 0 Å². The van der Waals surface area contributed by atoms with Gasteiger partial charge in [0.2, 0.25) is 0 Å². The Morgan fingerprint density at radius 1 is 0.302 bits per heavy atom. The Morgan fingerprint density at radius 2 is 0.531 bits per heavy atom. The molecule has 0 spiro atoms. The largest absolute Gasteiger partial charge is 0.472 e. The second kappa shape index (κ2) is 67.5. The molecule has 96 heavy (non-hydrogen) atoms.